The van der Waals surface area contributed by atoms with Gasteiger partial charge in [0.2, 0.25) is 10.0 Å². The van der Waals surface area contributed by atoms with Crippen LogP contribution < -0.4 is 10.3 Å². The molecule has 0 spiro atoms. The van der Waals surface area contributed by atoms with Crippen LogP contribution in [-0.2, 0) is 21.4 Å². The lowest BCUT2D eigenvalue weighted by molar-refractivity contribution is 0.0473. The Kier molecular flexibility index (Phi) is 5.58. The van der Waals surface area contributed by atoms with Crippen LogP contribution in [0.4, 0.5) is 0 Å². The number of hydrogen-bond donors (Lipinski definition) is 1. The second kappa shape index (κ2) is 8.33. The normalized spacial score (nSPS) is 11.6. The van der Waals surface area contributed by atoms with Gasteiger partial charge in [-0.25, -0.2) is 22.7 Å². The molecule has 0 aliphatic heterocycles. The van der Waals surface area contributed by atoms with Crippen molar-refractivity contribution >= 4 is 37.7 Å². The van der Waals surface area contributed by atoms with Gasteiger partial charge in [-0.3, -0.25) is 0 Å². The highest BCUT2D eigenvalue weighted by Crippen LogP contribution is 2.28. The SMILES string of the molecule is CCNS(=O)(=O)c1cccc(C(=O)OCc2cc(=O)oc3ccc4ccccc4c23)c1. The van der Waals surface area contributed by atoms with E-state index in [1.165, 1.54) is 30.3 Å². The van der Waals surface area contributed by atoms with Gasteiger partial charge in [-0.15, -0.1) is 0 Å². The number of sulfonamides is 1. The van der Waals surface area contributed by atoms with Crippen molar-refractivity contribution in [3.63, 3.8) is 0 Å². The zero-order valence-corrected chi connectivity index (χ0v) is 17.4. The highest BCUT2D eigenvalue weighted by atomic mass is 32.2. The summed E-state index contributed by atoms with van der Waals surface area (Å²) in [5, 5.41) is 2.51. The van der Waals surface area contributed by atoms with E-state index in [9.17, 15) is 18.0 Å². The van der Waals surface area contributed by atoms with Gasteiger partial charge in [0.1, 0.15) is 12.2 Å². The Hall–Kier alpha value is -3.49. The number of carbonyl (C=O) groups is 1. The van der Waals surface area contributed by atoms with Crippen molar-refractivity contribution in [2.24, 2.45) is 0 Å². The molecule has 0 saturated carbocycles. The molecule has 158 valence electrons. The quantitative estimate of drug-likeness (QED) is 0.281. The first-order valence-corrected chi connectivity index (χ1v) is 11.1. The Morgan fingerprint density at radius 3 is 2.65 bits per heavy atom. The van der Waals surface area contributed by atoms with E-state index in [2.05, 4.69) is 4.72 Å². The number of fused-ring (bicyclic) bond motifs is 3. The van der Waals surface area contributed by atoms with Gasteiger partial charge in [-0.2, -0.15) is 0 Å². The lowest BCUT2D eigenvalue weighted by Gasteiger charge is -2.10. The van der Waals surface area contributed by atoms with E-state index in [0.717, 1.165) is 10.8 Å². The predicted molar refractivity (Wildman–Crippen MR) is 116 cm³/mol. The average Bonchev–Trinajstić information content (AvgIpc) is 2.77. The molecule has 4 rings (SSSR count). The molecule has 3 aromatic carbocycles. The van der Waals surface area contributed by atoms with E-state index >= 15 is 0 Å². The number of esters is 1. The second-order valence-electron chi connectivity index (χ2n) is 6.86. The maximum Gasteiger partial charge on any atom is 0.338 e. The van der Waals surface area contributed by atoms with E-state index in [1.807, 2.05) is 30.3 Å². The van der Waals surface area contributed by atoms with Crippen LogP contribution >= 0.6 is 0 Å². The molecule has 8 heteroatoms. The molecule has 0 atom stereocenters. The maximum absolute atomic E-state index is 12.6. The molecule has 0 saturated heterocycles. The molecule has 0 fully saturated rings. The molecule has 0 unspecified atom stereocenters. The molecule has 0 aliphatic carbocycles. The van der Waals surface area contributed by atoms with Crippen LogP contribution in [0.5, 0.6) is 0 Å². The first kappa shape index (κ1) is 20.8. The highest BCUT2D eigenvalue weighted by Gasteiger charge is 2.17. The minimum Gasteiger partial charge on any atom is -0.457 e. The molecular weight excluding hydrogens is 418 g/mol. The van der Waals surface area contributed by atoms with Gasteiger partial charge in [-0.1, -0.05) is 43.3 Å². The predicted octanol–water partition coefficient (Wildman–Crippen LogP) is 3.60. The van der Waals surface area contributed by atoms with E-state index in [4.69, 9.17) is 9.15 Å². The molecule has 0 aliphatic rings. The van der Waals surface area contributed by atoms with Crippen molar-refractivity contribution in [2.45, 2.75) is 18.4 Å². The summed E-state index contributed by atoms with van der Waals surface area (Å²) in [4.78, 5) is 24.6. The smallest absolute Gasteiger partial charge is 0.338 e. The summed E-state index contributed by atoms with van der Waals surface area (Å²) in [5.41, 5.74) is 0.451. The Balaban J connectivity index is 1.66. The number of carbonyl (C=O) groups excluding carboxylic acids is 1. The standard InChI is InChI=1S/C23H19NO6S/c1-2-24-31(27,28)18-8-5-7-16(12-18)23(26)29-14-17-13-21(25)30-20-11-10-15-6-3-4-9-19(15)22(17)20/h3-13,24H,2,14H2,1H3. The lowest BCUT2D eigenvalue weighted by atomic mass is 10.0. The third-order valence-electron chi connectivity index (χ3n) is 4.79. The van der Waals surface area contributed by atoms with Gasteiger partial charge in [0.25, 0.3) is 0 Å². The second-order valence-corrected chi connectivity index (χ2v) is 8.62. The molecule has 7 nitrogen and oxygen atoms in total. The van der Waals surface area contributed by atoms with Gasteiger partial charge < -0.3 is 9.15 Å². The molecule has 0 amide bonds. The van der Waals surface area contributed by atoms with Gasteiger partial charge in [0.15, 0.2) is 0 Å². The fraction of sp³-hybridized carbons (Fsp3) is 0.130. The minimum atomic E-state index is -3.70. The Morgan fingerprint density at radius 2 is 1.84 bits per heavy atom. The number of ether oxygens (including phenoxy) is 1. The summed E-state index contributed by atoms with van der Waals surface area (Å²) in [6, 6.07) is 18.1. The van der Waals surface area contributed by atoms with Crippen LogP contribution in [0.3, 0.4) is 0 Å². The number of hydrogen-bond acceptors (Lipinski definition) is 6. The van der Waals surface area contributed by atoms with Crippen molar-refractivity contribution < 1.29 is 22.4 Å². The third-order valence-corrected chi connectivity index (χ3v) is 6.33. The molecule has 0 radical (unpaired) electrons. The van der Waals surface area contributed by atoms with E-state index in [-0.39, 0.29) is 23.6 Å². The van der Waals surface area contributed by atoms with Crippen molar-refractivity contribution in [1.29, 1.82) is 0 Å². The minimum absolute atomic E-state index is 0.0272. The summed E-state index contributed by atoms with van der Waals surface area (Å²) in [6.07, 6.45) is 0. The monoisotopic (exact) mass is 437 g/mol. The summed E-state index contributed by atoms with van der Waals surface area (Å²) < 4.78 is 37.5. The summed E-state index contributed by atoms with van der Waals surface area (Å²) >= 11 is 0. The molecule has 4 aromatic rings. The van der Waals surface area contributed by atoms with Crippen LogP contribution in [0.15, 0.2) is 80.8 Å². The van der Waals surface area contributed by atoms with E-state index < -0.39 is 21.6 Å². The first-order valence-electron chi connectivity index (χ1n) is 9.60. The van der Waals surface area contributed by atoms with Crippen LogP contribution in [0.2, 0.25) is 0 Å². The summed E-state index contributed by atoms with van der Waals surface area (Å²) in [7, 11) is -3.70. The molecule has 1 heterocycles. The van der Waals surface area contributed by atoms with Crippen molar-refractivity contribution in [3.05, 3.63) is 88.3 Å². The van der Waals surface area contributed by atoms with Crippen molar-refractivity contribution in [3.8, 4) is 0 Å². The largest absolute Gasteiger partial charge is 0.457 e. The molecule has 31 heavy (non-hydrogen) atoms. The zero-order chi connectivity index (χ0) is 22.0. The van der Waals surface area contributed by atoms with Crippen molar-refractivity contribution in [2.75, 3.05) is 6.54 Å². The summed E-state index contributed by atoms with van der Waals surface area (Å²) in [5.74, 6) is -0.699. The van der Waals surface area contributed by atoms with Gasteiger partial charge in [-0.05, 0) is 35.0 Å². The molecule has 0 bridgehead atoms. The van der Waals surface area contributed by atoms with E-state index in [1.54, 1.807) is 13.0 Å². The topological polar surface area (TPSA) is 103 Å². The fourth-order valence-electron chi connectivity index (χ4n) is 3.42. The number of nitrogens with one attached hydrogen (secondary N) is 1. The van der Waals surface area contributed by atoms with Crippen molar-refractivity contribution in [1.82, 2.24) is 4.72 Å². The Labute approximate surface area is 178 Å². The molecular formula is C23H19NO6S. The van der Waals surface area contributed by atoms with Gasteiger partial charge >= 0.3 is 11.6 Å². The molecule has 1 N–H and O–H groups in total. The fourth-order valence-corrected chi connectivity index (χ4v) is 4.51. The Bertz CT molecular complexity index is 1460. The summed E-state index contributed by atoms with van der Waals surface area (Å²) in [6.45, 7) is 1.73. The number of benzene rings is 3. The maximum atomic E-state index is 12.6. The van der Waals surface area contributed by atoms with Crippen LogP contribution in [-0.4, -0.2) is 20.9 Å². The van der Waals surface area contributed by atoms with Gasteiger partial charge in [0.05, 0.1) is 10.5 Å². The highest BCUT2D eigenvalue weighted by molar-refractivity contribution is 7.89. The van der Waals surface area contributed by atoms with E-state index in [0.29, 0.717) is 16.5 Å². The zero-order valence-electron chi connectivity index (χ0n) is 16.6. The van der Waals surface area contributed by atoms with Crippen LogP contribution in [0, 0.1) is 0 Å². The van der Waals surface area contributed by atoms with Gasteiger partial charge in [0, 0.05) is 23.6 Å². The first-order chi connectivity index (χ1) is 14.9. The lowest BCUT2D eigenvalue weighted by Crippen LogP contribution is -2.23. The Morgan fingerprint density at radius 1 is 1.03 bits per heavy atom. The third kappa shape index (κ3) is 4.21. The van der Waals surface area contributed by atoms with Crippen LogP contribution in [0.25, 0.3) is 21.7 Å². The average molecular weight is 437 g/mol. The van der Waals surface area contributed by atoms with Crippen LogP contribution in [0.1, 0.15) is 22.8 Å². The number of rotatable bonds is 6. The molecule has 1 aromatic heterocycles.